The van der Waals surface area contributed by atoms with Gasteiger partial charge in [0.15, 0.2) is 0 Å². The average molecular weight is 226 g/mol. The lowest BCUT2D eigenvalue weighted by Crippen LogP contribution is -2.45. The second-order valence-electron chi connectivity index (χ2n) is 3.81. The zero-order chi connectivity index (χ0) is 11.3. The lowest BCUT2D eigenvalue weighted by atomic mass is 10.0. The van der Waals surface area contributed by atoms with Crippen LogP contribution in [0.4, 0.5) is 0 Å². The van der Waals surface area contributed by atoms with Gasteiger partial charge >= 0.3 is 0 Å². The van der Waals surface area contributed by atoms with Crippen LogP contribution in [0.3, 0.4) is 0 Å². The Morgan fingerprint density at radius 3 is 2.73 bits per heavy atom. The van der Waals surface area contributed by atoms with E-state index in [9.17, 15) is 4.79 Å². The molecule has 0 radical (unpaired) electrons. The predicted octanol–water partition coefficient (Wildman–Crippen LogP) is 1.61. The van der Waals surface area contributed by atoms with E-state index in [1.165, 1.54) is 4.88 Å². The molecule has 1 aromatic rings. The van der Waals surface area contributed by atoms with Gasteiger partial charge in [-0.25, -0.2) is 0 Å². The maximum Gasteiger partial charge on any atom is 0.237 e. The number of likely N-dealkylation sites (N-methyl/N-ethyl adjacent to an activating group) is 1. The standard InChI is InChI=1S/C11H18N2OS/c1-8(2)10(12-3)11(14)13-7-9-5-4-6-15-9/h4-6,8,10,12H,7H2,1-3H3,(H,13,14). The monoisotopic (exact) mass is 226 g/mol. The van der Waals surface area contributed by atoms with Crippen LogP contribution < -0.4 is 10.6 Å². The summed E-state index contributed by atoms with van der Waals surface area (Å²) >= 11 is 1.66. The Morgan fingerprint density at radius 1 is 1.53 bits per heavy atom. The van der Waals surface area contributed by atoms with E-state index in [4.69, 9.17) is 0 Å². The summed E-state index contributed by atoms with van der Waals surface area (Å²) < 4.78 is 0. The van der Waals surface area contributed by atoms with E-state index in [1.807, 2.05) is 38.4 Å². The van der Waals surface area contributed by atoms with Gasteiger partial charge in [0.2, 0.25) is 5.91 Å². The van der Waals surface area contributed by atoms with Crippen molar-refractivity contribution in [1.29, 1.82) is 0 Å². The van der Waals surface area contributed by atoms with E-state index in [0.717, 1.165) is 0 Å². The van der Waals surface area contributed by atoms with Crippen LogP contribution in [-0.4, -0.2) is 19.0 Å². The average Bonchev–Trinajstić information content (AvgIpc) is 2.67. The maximum atomic E-state index is 11.7. The molecule has 1 atom stereocenters. The molecule has 0 bridgehead atoms. The van der Waals surface area contributed by atoms with Gasteiger partial charge in [-0.15, -0.1) is 11.3 Å². The number of amides is 1. The summed E-state index contributed by atoms with van der Waals surface area (Å²) in [6.45, 7) is 4.69. The number of hydrogen-bond donors (Lipinski definition) is 2. The van der Waals surface area contributed by atoms with Crippen LogP contribution in [0.15, 0.2) is 17.5 Å². The van der Waals surface area contributed by atoms with Gasteiger partial charge in [0.05, 0.1) is 12.6 Å². The van der Waals surface area contributed by atoms with Crippen LogP contribution in [0.25, 0.3) is 0 Å². The summed E-state index contributed by atoms with van der Waals surface area (Å²) in [6.07, 6.45) is 0. The maximum absolute atomic E-state index is 11.7. The van der Waals surface area contributed by atoms with E-state index in [1.54, 1.807) is 11.3 Å². The highest BCUT2D eigenvalue weighted by molar-refractivity contribution is 7.09. The van der Waals surface area contributed by atoms with Crippen LogP contribution in [0.1, 0.15) is 18.7 Å². The highest BCUT2D eigenvalue weighted by Gasteiger charge is 2.19. The van der Waals surface area contributed by atoms with Crippen molar-refractivity contribution in [2.45, 2.75) is 26.4 Å². The lowest BCUT2D eigenvalue weighted by molar-refractivity contribution is -0.124. The quantitative estimate of drug-likeness (QED) is 0.801. The van der Waals surface area contributed by atoms with Gasteiger partial charge < -0.3 is 10.6 Å². The number of carbonyl (C=O) groups is 1. The van der Waals surface area contributed by atoms with Gasteiger partial charge in [0.1, 0.15) is 0 Å². The van der Waals surface area contributed by atoms with E-state index in [0.29, 0.717) is 12.5 Å². The SMILES string of the molecule is CNC(C(=O)NCc1cccs1)C(C)C. The Kier molecular flexibility index (Phi) is 4.78. The number of hydrogen-bond acceptors (Lipinski definition) is 3. The Bertz CT molecular complexity index is 296. The molecule has 0 aromatic carbocycles. The van der Waals surface area contributed by atoms with E-state index in [2.05, 4.69) is 10.6 Å². The molecule has 84 valence electrons. The molecule has 1 heterocycles. The van der Waals surface area contributed by atoms with Gasteiger partial charge in [0.25, 0.3) is 0 Å². The molecule has 15 heavy (non-hydrogen) atoms. The van der Waals surface area contributed by atoms with Crippen LogP contribution in [0.2, 0.25) is 0 Å². The minimum atomic E-state index is -0.107. The second-order valence-corrected chi connectivity index (χ2v) is 4.84. The van der Waals surface area contributed by atoms with Crippen molar-refractivity contribution in [2.24, 2.45) is 5.92 Å². The van der Waals surface area contributed by atoms with Crippen LogP contribution in [0, 0.1) is 5.92 Å². The van der Waals surface area contributed by atoms with Crippen LogP contribution in [0.5, 0.6) is 0 Å². The lowest BCUT2D eigenvalue weighted by Gasteiger charge is -2.19. The van der Waals surface area contributed by atoms with Crippen molar-refractivity contribution in [2.75, 3.05) is 7.05 Å². The molecule has 4 heteroatoms. The van der Waals surface area contributed by atoms with Gasteiger partial charge in [-0.3, -0.25) is 4.79 Å². The molecule has 1 aromatic heterocycles. The fraction of sp³-hybridized carbons (Fsp3) is 0.545. The van der Waals surface area contributed by atoms with Crippen LogP contribution in [-0.2, 0) is 11.3 Å². The summed E-state index contributed by atoms with van der Waals surface area (Å²) in [7, 11) is 1.81. The number of thiophene rings is 1. The summed E-state index contributed by atoms with van der Waals surface area (Å²) in [5, 5.41) is 7.96. The smallest absolute Gasteiger partial charge is 0.237 e. The normalized spacial score (nSPS) is 12.8. The first-order valence-electron chi connectivity index (χ1n) is 5.12. The van der Waals surface area contributed by atoms with Crippen molar-refractivity contribution in [3.8, 4) is 0 Å². The molecule has 1 unspecified atom stereocenters. The van der Waals surface area contributed by atoms with Gasteiger partial charge in [-0.2, -0.15) is 0 Å². The van der Waals surface area contributed by atoms with Crippen molar-refractivity contribution >= 4 is 17.2 Å². The molecule has 0 saturated heterocycles. The molecule has 0 aliphatic rings. The second kappa shape index (κ2) is 5.88. The molecule has 0 saturated carbocycles. The largest absolute Gasteiger partial charge is 0.350 e. The Labute approximate surface area is 94.9 Å². The first-order valence-corrected chi connectivity index (χ1v) is 6.00. The van der Waals surface area contributed by atoms with Gasteiger partial charge in [-0.1, -0.05) is 19.9 Å². The molecule has 1 amide bonds. The minimum absolute atomic E-state index is 0.0703. The molecule has 0 fully saturated rings. The van der Waals surface area contributed by atoms with Crippen molar-refractivity contribution in [1.82, 2.24) is 10.6 Å². The fourth-order valence-electron chi connectivity index (χ4n) is 1.46. The highest BCUT2D eigenvalue weighted by Crippen LogP contribution is 2.08. The zero-order valence-electron chi connectivity index (χ0n) is 9.41. The third kappa shape index (κ3) is 3.64. The van der Waals surface area contributed by atoms with Gasteiger partial charge in [-0.05, 0) is 24.4 Å². The predicted molar refractivity (Wildman–Crippen MR) is 63.9 cm³/mol. The van der Waals surface area contributed by atoms with Crippen molar-refractivity contribution < 1.29 is 4.79 Å². The Balaban J connectivity index is 2.41. The molecule has 3 nitrogen and oxygen atoms in total. The number of rotatable bonds is 5. The minimum Gasteiger partial charge on any atom is -0.350 e. The molecule has 1 rings (SSSR count). The highest BCUT2D eigenvalue weighted by atomic mass is 32.1. The summed E-state index contributed by atoms with van der Waals surface area (Å²) in [5.74, 6) is 0.374. The molecule has 0 aliphatic heterocycles. The molecule has 0 spiro atoms. The van der Waals surface area contributed by atoms with E-state index < -0.39 is 0 Å². The number of carbonyl (C=O) groups excluding carboxylic acids is 1. The molecule has 2 N–H and O–H groups in total. The summed E-state index contributed by atoms with van der Waals surface area (Å²) in [5.41, 5.74) is 0. The zero-order valence-corrected chi connectivity index (χ0v) is 10.2. The van der Waals surface area contributed by atoms with Gasteiger partial charge in [0, 0.05) is 4.88 Å². The third-order valence-electron chi connectivity index (χ3n) is 2.28. The van der Waals surface area contributed by atoms with Crippen molar-refractivity contribution in [3.05, 3.63) is 22.4 Å². The third-order valence-corrected chi connectivity index (χ3v) is 3.15. The van der Waals surface area contributed by atoms with Crippen molar-refractivity contribution in [3.63, 3.8) is 0 Å². The first-order chi connectivity index (χ1) is 7.15. The van der Waals surface area contributed by atoms with Crippen LogP contribution >= 0.6 is 11.3 Å². The molecular weight excluding hydrogens is 208 g/mol. The van der Waals surface area contributed by atoms with E-state index >= 15 is 0 Å². The Hall–Kier alpha value is -0.870. The fourth-order valence-corrected chi connectivity index (χ4v) is 2.11. The first kappa shape index (κ1) is 12.2. The Morgan fingerprint density at radius 2 is 2.27 bits per heavy atom. The molecule has 0 aliphatic carbocycles. The summed E-state index contributed by atoms with van der Waals surface area (Å²) in [6, 6.07) is 3.91. The number of nitrogens with one attached hydrogen (secondary N) is 2. The molecular formula is C11H18N2OS. The topological polar surface area (TPSA) is 41.1 Å². The van der Waals surface area contributed by atoms with E-state index in [-0.39, 0.29) is 11.9 Å². The summed E-state index contributed by atoms with van der Waals surface area (Å²) in [4.78, 5) is 12.9.